The Bertz CT molecular complexity index is 543. The van der Waals surface area contributed by atoms with E-state index in [0.29, 0.717) is 11.6 Å². The van der Waals surface area contributed by atoms with Crippen molar-refractivity contribution < 1.29 is 4.74 Å². The van der Waals surface area contributed by atoms with Crippen LogP contribution in [0.4, 0.5) is 5.69 Å². The van der Waals surface area contributed by atoms with Crippen LogP contribution < -0.4 is 10.5 Å². The van der Waals surface area contributed by atoms with Gasteiger partial charge in [-0.05, 0) is 30.2 Å². The van der Waals surface area contributed by atoms with Gasteiger partial charge in [0.2, 0.25) is 5.88 Å². The smallest absolute Gasteiger partial charge is 0.237 e. The molecule has 0 unspecified atom stereocenters. The number of aryl methyl sites for hydroxylation is 1. The summed E-state index contributed by atoms with van der Waals surface area (Å²) in [6, 6.07) is 12.1. The van der Waals surface area contributed by atoms with Crippen molar-refractivity contribution >= 4 is 17.4 Å². The van der Waals surface area contributed by atoms with Gasteiger partial charge in [-0.2, -0.15) is 0 Å². The summed E-state index contributed by atoms with van der Waals surface area (Å²) in [6.07, 6.45) is 0. The van der Waals surface area contributed by atoms with Gasteiger partial charge < -0.3 is 10.5 Å². The zero-order valence-electron chi connectivity index (χ0n) is 10.5. The second kappa shape index (κ2) is 5.78. The van der Waals surface area contributed by atoms with Crippen LogP contribution >= 0.6 is 11.8 Å². The van der Waals surface area contributed by atoms with Gasteiger partial charge in [-0.15, -0.1) is 11.8 Å². The number of nitrogens with two attached hydrogens (primary N) is 1. The number of nitrogen functional groups attached to an aromatic ring is 1. The molecule has 0 saturated carbocycles. The van der Waals surface area contributed by atoms with Gasteiger partial charge in [-0.3, -0.25) is 0 Å². The second-order valence-corrected chi connectivity index (χ2v) is 4.96. The summed E-state index contributed by atoms with van der Waals surface area (Å²) in [5.41, 5.74) is 8.92. The van der Waals surface area contributed by atoms with Crippen LogP contribution in [0.3, 0.4) is 0 Å². The van der Waals surface area contributed by atoms with Crippen molar-refractivity contribution in [2.24, 2.45) is 0 Å². The number of methoxy groups -OCH3 is 1. The number of hydrogen-bond donors (Lipinski definition) is 1. The highest BCUT2D eigenvalue weighted by molar-refractivity contribution is 7.98. The molecule has 3 nitrogen and oxygen atoms in total. The first-order chi connectivity index (χ1) is 8.70. The maximum absolute atomic E-state index is 5.73. The Morgan fingerprint density at radius 2 is 2.00 bits per heavy atom. The van der Waals surface area contributed by atoms with Crippen LogP contribution in [0, 0.1) is 6.92 Å². The van der Waals surface area contributed by atoms with Gasteiger partial charge in [0.15, 0.2) is 0 Å². The number of hydrogen-bond acceptors (Lipinski definition) is 4. The van der Waals surface area contributed by atoms with Crippen LogP contribution in [0.1, 0.15) is 11.1 Å². The molecular weight excluding hydrogens is 244 g/mol. The number of rotatable bonds is 4. The first kappa shape index (κ1) is 12.8. The van der Waals surface area contributed by atoms with Crippen LogP contribution in [0.5, 0.6) is 5.88 Å². The van der Waals surface area contributed by atoms with Gasteiger partial charge in [-0.25, -0.2) is 4.98 Å². The molecule has 0 spiro atoms. The van der Waals surface area contributed by atoms with Gasteiger partial charge >= 0.3 is 0 Å². The molecular formula is C14H16N2OS. The van der Waals surface area contributed by atoms with Crippen molar-refractivity contribution in [2.75, 3.05) is 12.8 Å². The van der Waals surface area contributed by atoms with Gasteiger partial charge in [0, 0.05) is 5.75 Å². The van der Waals surface area contributed by atoms with E-state index in [9.17, 15) is 0 Å². The van der Waals surface area contributed by atoms with E-state index in [-0.39, 0.29) is 0 Å². The fourth-order valence-corrected chi connectivity index (χ4v) is 2.54. The molecule has 1 heterocycles. The molecule has 0 aliphatic carbocycles. The number of anilines is 1. The predicted octanol–water partition coefficient (Wildman–Crippen LogP) is 3.27. The summed E-state index contributed by atoms with van der Waals surface area (Å²) < 4.78 is 5.11. The minimum absolute atomic E-state index is 0.491. The van der Waals surface area contributed by atoms with E-state index in [2.05, 4.69) is 30.1 Å². The SMILES string of the molecule is COc1nc(SCc2ccccc2C)ccc1N. The van der Waals surface area contributed by atoms with E-state index in [4.69, 9.17) is 10.5 Å². The number of benzene rings is 1. The molecule has 1 aromatic heterocycles. The summed E-state index contributed by atoms with van der Waals surface area (Å²) >= 11 is 1.68. The first-order valence-electron chi connectivity index (χ1n) is 5.68. The molecule has 0 fully saturated rings. The molecule has 94 valence electrons. The lowest BCUT2D eigenvalue weighted by atomic mass is 10.1. The van der Waals surface area contributed by atoms with E-state index in [1.807, 2.05) is 18.2 Å². The van der Waals surface area contributed by atoms with Crippen molar-refractivity contribution in [3.05, 3.63) is 47.5 Å². The van der Waals surface area contributed by atoms with E-state index in [1.54, 1.807) is 18.9 Å². The third-order valence-corrected chi connectivity index (χ3v) is 3.67. The molecule has 0 amide bonds. The molecule has 2 N–H and O–H groups in total. The van der Waals surface area contributed by atoms with Crippen molar-refractivity contribution in [3.8, 4) is 5.88 Å². The Morgan fingerprint density at radius 3 is 2.72 bits per heavy atom. The highest BCUT2D eigenvalue weighted by atomic mass is 32.2. The minimum Gasteiger partial charge on any atom is -0.480 e. The summed E-state index contributed by atoms with van der Waals surface area (Å²) in [4.78, 5) is 4.35. The first-order valence-corrected chi connectivity index (χ1v) is 6.67. The Morgan fingerprint density at radius 1 is 1.22 bits per heavy atom. The third-order valence-electron chi connectivity index (χ3n) is 2.69. The summed E-state index contributed by atoms with van der Waals surface area (Å²) in [5, 5.41) is 0.921. The van der Waals surface area contributed by atoms with Crippen molar-refractivity contribution in [3.63, 3.8) is 0 Å². The van der Waals surface area contributed by atoms with Crippen LogP contribution in [0.25, 0.3) is 0 Å². The molecule has 0 bridgehead atoms. The van der Waals surface area contributed by atoms with E-state index < -0.39 is 0 Å². The molecule has 2 aromatic rings. The number of pyridine rings is 1. The zero-order valence-corrected chi connectivity index (χ0v) is 11.3. The van der Waals surface area contributed by atoms with Crippen LogP contribution in [-0.4, -0.2) is 12.1 Å². The van der Waals surface area contributed by atoms with Gasteiger partial charge in [-0.1, -0.05) is 24.3 Å². The fraction of sp³-hybridized carbons (Fsp3) is 0.214. The highest BCUT2D eigenvalue weighted by Crippen LogP contribution is 2.27. The van der Waals surface area contributed by atoms with Crippen molar-refractivity contribution in [1.82, 2.24) is 4.98 Å². The summed E-state index contributed by atoms with van der Waals surface area (Å²) in [6.45, 7) is 2.12. The molecule has 0 radical (unpaired) electrons. The lowest BCUT2D eigenvalue weighted by Crippen LogP contribution is -1.96. The van der Waals surface area contributed by atoms with Crippen molar-refractivity contribution in [1.29, 1.82) is 0 Å². The van der Waals surface area contributed by atoms with Crippen LogP contribution in [0.2, 0.25) is 0 Å². The highest BCUT2D eigenvalue weighted by Gasteiger charge is 2.04. The predicted molar refractivity (Wildman–Crippen MR) is 75.9 cm³/mol. The normalized spacial score (nSPS) is 10.3. The standard InChI is InChI=1S/C14H16N2OS/c1-10-5-3-4-6-11(10)9-18-13-8-7-12(15)14(16-13)17-2/h3-8H,9,15H2,1-2H3. The van der Waals surface area contributed by atoms with E-state index >= 15 is 0 Å². The van der Waals surface area contributed by atoms with Crippen LogP contribution in [-0.2, 0) is 5.75 Å². The monoisotopic (exact) mass is 260 g/mol. The number of ether oxygens (including phenoxy) is 1. The number of aromatic nitrogens is 1. The summed E-state index contributed by atoms with van der Waals surface area (Å²) in [5.74, 6) is 1.39. The minimum atomic E-state index is 0.491. The Hall–Kier alpha value is -1.68. The number of thioether (sulfide) groups is 1. The van der Waals surface area contributed by atoms with Gasteiger partial charge in [0.25, 0.3) is 0 Å². The van der Waals surface area contributed by atoms with E-state index in [1.165, 1.54) is 11.1 Å². The van der Waals surface area contributed by atoms with Gasteiger partial charge in [0.1, 0.15) is 5.03 Å². The molecule has 2 rings (SSSR count). The molecule has 0 saturated heterocycles. The zero-order chi connectivity index (χ0) is 13.0. The van der Waals surface area contributed by atoms with E-state index in [0.717, 1.165) is 10.8 Å². The molecule has 0 aliphatic rings. The fourth-order valence-electron chi connectivity index (χ4n) is 1.60. The molecule has 1 aromatic carbocycles. The number of nitrogens with zero attached hydrogens (tertiary/aromatic N) is 1. The molecule has 0 atom stereocenters. The average molecular weight is 260 g/mol. The largest absolute Gasteiger partial charge is 0.480 e. The summed E-state index contributed by atoms with van der Waals surface area (Å²) in [7, 11) is 1.58. The maximum atomic E-state index is 5.73. The van der Waals surface area contributed by atoms with Gasteiger partial charge in [0.05, 0.1) is 12.8 Å². The quantitative estimate of drug-likeness (QED) is 0.857. The molecule has 0 aliphatic heterocycles. The lowest BCUT2D eigenvalue weighted by Gasteiger charge is -2.07. The third kappa shape index (κ3) is 2.96. The maximum Gasteiger partial charge on any atom is 0.237 e. The Kier molecular flexibility index (Phi) is 4.10. The Labute approximate surface area is 111 Å². The molecule has 4 heteroatoms. The lowest BCUT2D eigenvalue weighted by molar-refractivity contribution is 0.397. The second-order valence-electron chi connectivity index (χ2n) is 3.96. The topological polar surface area (TPSA) is 48.1 Å². The Balaban J connectivity index is 2.09. The van der Waals surface area contributed by atoms with Crippen molar-refractivity contribution in [2.45, 2.75) is 17.7 Å². The van der Waals surface area contributed by atoms with Crippen LogP contribution in [0.15, 0.2) is 41.4 Å². The average Bonchev–Trinajstić information content (AvgIpc) is 2.39. The molecule has 18 heavy (non-hydrogen) atoms.